The minimum absolute atomic E-state index is 0.267. The molecule has 0 saturated carbocycles. The smallest absolute Gasteiger partial charge is 0.336 e. The molecule has 0 unspecified atom stereocenters. The Balaban J connectivity index is 2.10. The van der Waals surface area contributed by atoms with Crippen LogP contribution in [-0.4, -0.2) is 21.0 Å². The third kappa shape index (κ3) is 2.81. The Morgan fingerprint density at radius 1 is 1.38 bits per heavy atom. The van der Waals surface area contributed by atoms with E-state index in [-0.39, 0.29) is 5.56 Å². The second kappa shape index (κ2) is 5.75. The van der Waals surface area contributed by atoms with Gasteiger partial charge in [0.25, 0.3) is 0 Å². The quantitative estimate of drug-likeness (QED) is 0.672. The molecule has 0 bridgehead atoms. The van der Waals surface area contributed by atoms with Crippen LogP contribution in [0.4, 0.5) is 0 Å². The molecule has 0 aliphatic carbocycles. The summed E-state index contributed by atoms with van der Waals surface area (Å²) in [5.41, 5.74) is 2.29. The molecule has 3 aromatic rings. The summed E-state index contributed by atoms with van der Waals surface area (Å²) >= 11 is 6.30. The van der Waals surface area contributed by atoms with Gasteiger partial charge in [-0.1, -0.05) is 27.7 Å². The largest absolute Gasteiger partial charge is 0.478 e. The van der Waals surface area contributed by atoms with Gasteiger partial charge in [-0.2, -0.15) is 0 Å². The number of carboxylic acid groups (broad SMARTS) is 1. The molecule has 21 heavy (non-hydrogen) atoms. The molecule has 2 heterocycles. The summed E-state index contributed by atoms with van der Waals surface area (Å²) in [7, 11) is 0. The third-order valence-corrected chi connectivity index (χ3v) is 5.66. The Bertz CT molecular complexity index is 848. The van der Waals surface area contributed by atoms with Gasteiger partial charge in [0.05, 0.1) is 15.8 Å². The van der Waals surface area contributed by atoms with Crippen molar-refractivity contribution in [2.24, 2.45) is 0 Å². The maximum absolute atomic E-state index is 11.3. The highest BCUT2D eigenvalue weighted by atomic mass is 79.9. The van der Waals surface area contributed by atoms with Crippen LogP contribution >= 0.6 is 39.0 Å². The summed E-state index contributed by atoms with van der Waals surface area (Å²) in [6, 6.07) is 5.10. The van der Waals surface area contributed by atoms with Gasteiger partial charge in [0.2, 0.25) is 0 Å². The molecule has 0 spiro atoms. The van der Waals surface area contributed by atoms with Crippen LogP contribution in [0.15, 0.2) is 44.3 Å². The summed E-state index contributed by atoms with van der Waals surface area (Å²) in [6.07, 6.45) is 1.52. The molecule has 7 heteroatoms. The Morgan fingerprint density at radius 3 is 2.95 bits per heavy atom. The van der Waals surface area contributed by atoms with Gasteiger partial charge in [0, 0.05) is 9.37 Å². The number of rotatable bonds is 3. The van der Waals surface area contributed by atoms with Gasteiger partial charge in [-0.15, -0.1) is 11.3 Å². The molecule has 0 amide bonds. The highest BCUT2D eigenvalue weighted by molar-refractivity contribution is 9.10. The van der Waals surface area contributed by atoms with Gasteiger partial charge in [-0.05, 0) is 36.1 Å². The highest BCUT2D eigenvalue weighted by Crippen LogP contribution is 2.37. The summed E-state index contributed by atoms with van der Waals surface area (Å²) < 4.78 is 1.82. The maximum Gasteiger partial charge on any atom is 0.336 e. The van der Waals surface area contributed by atoms with E-state index in [1.165, 1.54) is 18.1 Å². The molecular weight excluding hydrogens is 372 g/mol. The van der Waals surface area contributed by atoms with Gasteiger partial charge >= 0.3 is 5.97 Å². The van der Waals surface area contributed by atoms with Crippen LogP contribution in [0.5, 0.6) is 0 Å². The van der Waals surface area contributed by atoms with Gasteiger partial charge in [0.15, 0.2) is 0 Å². The van der Waals surface area contributed by atoms with Crippen molar-refractivity contribution >= 4 is 55.2 Å². The van der Waals surface area contributed by atoms with Crippen LogP contribution in [-0.2, 0) is 0 Å². The number of thiophene rings is 1. The van der Waals surface area contributed by atoms with Crippen molar-refractivity contribution < 1.29 is 9.90 Å². The van der Waals surface area contributed by atoms with E-state index in [9.17, 15) is 9.90 Å². The molecule has 106 valence electrons. The number of fused-ring (bicyclic) bond motifs is 1. The zero-order chi connectivity index (χ0) is 15.0. The van der Waals surface area contributed by atoms with E-state index >= 15 is 0 Å². The lowest BCUT2D eigenvalue weighted by Gasteiger charge is -2.06. The fraction of sp³-hybridized carbons (Fsp3) is 0.0714. The van der Waals surface area contributed by atoms with Crippen molar-refractivity contribution in [3.8, 4) is 0 Å². The van der Waals surface area contributed by atoms with E-state index in [0.29, 0.717) is 4.90 Å². The molecule has 0 atom stereocenters. The van der Waals surface area contributed by atoms with E-state index in [1.54, 1.807) is 29.5 Å². The van der Waals surface area contributed by atoms with Crippen molar-refractivity contribution in [1.82, 2.24) is 9.97 Å². The molecular formula is C14H9BrN2O2S2. The zero-order valence-electron chi connectivity index (χ0n) is 10.8. The van der Waals surface area contributed by atoms with Crippen LogP contribution in [0.25, 0.3) is 10.2 Å². The van der Waals surface area contributed by atoms with Crippen molar-refractivity contribution in [3.05, 3.63) is 45.5 Å². The molecule has 0 aliphatic rings. The number of carboxylic acids is 1. The lowest BCUT2D eigenvalue weighted by Crippen LogP contribution is -1.98. The first kappa shape index (κ1) is 14.5. The Kier molecular flexibility index (Phi) is 3.97. The molecule has 4 nitrogen and oxygen atoms in total. The van der Waals surface area contributed by atoms with Crippen molar-refractivity contribution in [2.75, 3.05) is 0 Å². The van der Waals surface area contributed by atoms with Crippen LogP contribution in [0.3, 0.4) is 0 Å². The molecule has 2 aromatic heterocycles. The van der Waals surface area contributed by atoms with Crippen molar-refractivity contribution in [2.45, 2.75) is 16.8 Å². The number of halogens is 1. The average molecular weight is 381 g/mol. The fourth-order valence-corrected chi connectivity index (χ4v) is 4.50. The Hall–Kier alpha value is -1.44. The lowest BCUT2D eigenvalue weighted by atomic mass is 10.2. The van der Waals surface area contributed by atoms with Crippen molar-refractivity contribution in [3.63, 3.8) is 0 Å². The number of hydrogen-bond acceptors (Lipinski definition) is 5. The highest BCUT2D eigenvalue weighted by Gasteiger charge is 2.15. The predicted molar refractivity (Wildman–Crippen MR) is 87.4 cm³/mol. The van der Waals surface area contributed by atoms with Crippen LogP contribution < -0.4 is 0 Å². The lowest BCUT2D eigenvalue weighted by molar-refractivity contribution is 0.0693. The first-order valence-corrected chi connectivity index (χ1v) is 8.44. The second-order valence-electron chi connectivity index (χ2n) is 4.32. The van der Waals surface area contributed by atoms with Crippen LogP contribution in [0, 0.1) is 6.92 Å². The minimum atomic E-state index is -0.947. The predicted octanol–water partition coefficient (Wildman–Crippen LogP) is 4.61. The van der Waals surface area contributed by atoms with Crippen LogP contribution in [0.2, 0.25) is 0 Å². The molecule has 0 aliphatic heterocycles. The van der Waals surface area contributed by atoms with E-state index in [2.05, 4.69) is 25.9 Å². The average Bonchev–Trinajstić information content (AvgIpc) is 2.82. The minimum Gasteiger partial charge on any atom is -0.478 e. The molecule has 0 radical (unpaired) electrons. The molecule has 3 rings (SSSR count). The summed E-state index contributed by atoms with van der Waals surface area (Å²) in [4.78, 5) is 20.6. The summed E-state index contributed by atoms with van der Waals surface area (Å²) in [5, 5.41) is 12.1. The van der Waals surface area contributed by atoms with Gasteiger partial charge in [-0.3, -0.25) is 0 Å². The third-order valence-electron chi connectivity index (χ3n) is 2.88. The van der Waals surface area contributed by atoms with E-state index in [4.69, 9.17) is 0 Å². The van der Waals surface area contributed by atoms with Crippen LogP contribution in [0.1, 0.15) is 15.9 Å². The van der Waals surface area contributed by atoms with Crippen molar-refractivity contribution in [1.29, 1.82) is 0 Å². The van der Waals surface area contributed by atoms with E-state index < -0.39 is 5.97 Å². The van der Waals surface area contributed by atoms with E-state index in [0.717, 1.165) is 25.3 Å². The van der Waals surface area contributed by atoms with Gasteiger partial charge < -0.3 is 5.11 Å². The topological polar surface area (TPSA) is 63.1 Å². The summed E-state index contributed by atoms with van der Waals surface area (Å²) in [5.74, 6) is -0.947. The fourth-order valence-electron chi connectivity index (χ4n) is 1.88. The number of nitrogens with zero attached hydrogens (tertiary/aromatic N) is 2. The first-order chi connectivity index (χ1) is 10.1. The summed E-state index contributed by atoms with van der Waals surface area (Å²) in [6.45, 7) is 2.00. The number of aromatic carboxylic acids is 1. The Labute approximate surface area is 137 Å². The van der Waals surface area contributed by atoms with E-state index in [1.807, 2.05) is 12.3 Å². The first-order valence-electron chi connectivity index (χ1n) is 5.96. The second-order valence-corrected chi connectivity index (χ2v) is 7.15. The van der Waals surface area contributed by atoms with Gasteiger partial charge in [0.1, 0.15) is 11.4 Å². The number of aromatic nitrogens is 2. The Morgan fingerprint density at radius 2 is 2.19 bits per heavy atom. The molecule has 1 aromatic carbocycles. The molecule has 1 N–H and O–H groups in total. The monoisotopic (exact) mass is 380 g/mol. The SMILES string of the molecule is Cc1csc2c(Sc3cc(Br)ccc3C(=O)O)ncnc12. The van der Waals surface area contributed by atoms with Gasteiger partial charge in [-0.25, -0.2) is 14.8 Å². The number of benzene rings is 1. The molecule has 0 fully saturated rings. The maximum atomic E-state index is 11.3. The standard InChI is InChI=1S/C14H9BrN2O2S2/c1-7-5-20-12-11(7)16-6-17-13(12)21-10-4-8(15)2-3-9(10)14(18)19/h2-6H,1H3,(H,18,19). The zero-order valence-corrected chi connectivity index (χ0v) is 14.1. The number of aryl methyl sites for hydroxylation is 1. The molecule has 0 saturated heterocycles. The normalized spacial score (nSPS) is 11.0. The number of carbonyl (C=O) groups is 1. The number of hydrogen-bond donors (Lipinski definition) is 1.